The number of nitrogens with two attached hydrogens (primary N) is 1. The third kappa shape index (κ3) is 4.13. The second-order valence-electron chi connectivity index (χ2n) is 4.78. The molecule has 0 radical (unpaired) electrons. The van der Waals surface area contributed by atoms with Gasteiger partial charge in [-0.25, -0.2) is 0 Å². The molecule has 0 saturated carbocycles. The molecule has 19 heavy (non-hydrogen) atoms. The molecule has 1 rings (SSSR count). The second kappa shape index (κ2) is 7.18. The first-order valence-electron chi connectivity index (χ1n) is 6.56. The molecule has 7 nitrogen and oxygen atoms in total. The first-order chi connectivity index (χ1) is 8.93. The molecule has 1 unspecified atom stereocenters. The van der Waals surface area contributed by atoms with Crippen LogP contribution in [-0.2, 0) is 15.0 Å². The van der Waals surface area contributed by atoms with Crippen molar-refractivity contribution in [2.24, 2.45) is 11.7 Å². The molecule has 8 heteroatoms. The third-order valence-electron chi connectivity index (χ3n) is 3.40. The number of hydrogen-bond donors (Lipinski definition) is 2. The fourth-order valence-corrected chi connectivity index (χ4v) is 3.68. The lowest BCUT2D eigenvalue weighted by atomic mass is 9.99. The van der Waals surface area contributed by atoms with Gasteiger partial charge >= 0.3 is 0 Å². The van der Waals surface area contributed by atoms with Crippen LogP contribution in [0.5, 0.6) is 0 Å². The monoisotopic (exact) mass is 292 g/mol. The predicted molar refractivity (Wildman–Crippen MR) is 73.6 cm³/mol. The lowest BCUT2D eigenvalue weighted by Crippen LogP contribution is -2.49. The van der Waals surface area contributed by atoms with Gasteiger partial charge in [0.2, 0.25) is 5.91 Å². The number of piperidine rings is 1. The van der Waals surface area contributed by atoms with Crippen molar-refractivity contribution in [3.63, 3.8) is 0 Å². The quantitative estimate of drug-likeness (QED) is 0.654. The molecule has 0 spiro atoms. The molecule has 1 heterocycles. The van der Waals surface area contributed by atoms with Crippen LogP contribution in [0.15, 0.2) is 0 Å². The highest BCUT2D eigenvalue weighted by Gasteiger charge is 2.33. The number of carbonyl (C=O) groups is 1. The Morgan fingerprint density at radius 3 is 2.79 bits per heavy atom. The van der Waals surface area contributed by atoms with E-state index in [0.717, 1.165) is 6.42 Å². The number of carbonyl (C=O) groups excluding carboxylic acids is 1. The molecule has 1 aliphatic rings. The fourth-order valence-electron chi connectivity index (χ4n) is 2.20. The minimum Gasteiger partial charge on any atom is -0.359 e. The van der Waals surface area contributed by atoms with Crippen molar-refractivity contribution < 1.29 is 13.2 Å². The topological polar surface area (TPSA) is 95.7 Å². The Morgan fingerprint density at radius 1 is 1.53 bits per heavy atom. The van der Waals surface area contributed by atoms with Crippen molar-refractivity contribution in [1.29, 1.82) is 0 Å². The van der Waals surface area contributed by atoms with Crippen LogP contribution in [0, 0.1) is 5.92 Å². The summed E-state index contributed by atoms with van der Waals surface area (Å²) in [5, 5.41) is 2.58. The highest BCUT2D eigenvalue weighted by atomic mass is 32.2. The first kappa shape index (κ1) is 16.4. The Kier molecular flexibility index (Phi) is 6.18. The maximum atomic E-state index is 12.3. The highest BCUT2D eigenvalue weighted by molar-refractivity contribution is 7.86. The van der Waals surface area contributed by atoms with Crippen LogP contribution in [0.25, 0.3) is 0 Å². The molecule has 0 bridgehead atoms. The van der Waals surface area contributed by atoms with Crippen LogP contribution < -0.4 is 11.1 Å². The van der Waals surface area contributed by atoms with Gasteiger partial charge in [0.25, 0.3) is 10.2 Å². The molecular formula is C11H24N4O3S. The lowest BCUT2D eigenvalue weighted by molar-refractivity contribution is -0.125. The SMILES string of the molecule is CNC(=O)C1CCCN(S(=O)(=O)N(C)CCCN)C1. The average Bonchev–Trinajstić information content (AvgIpc) is 2.43. The number of rotatable bonds is 6. The van der Waals surface area contributed by atoms with Gasteiger partial charge in [-0.15, -0.1) is 0 Å². The van der Waals surface area contributed by atoms with E-state index in [2.05, 4.69) is 5.32 Å². The minimum atomic E-state index is -3.48. The van der Waals surface area contributed by atoms with Crippen molar-refractivity contribution >= 4 is 16.1 Å². The Bertz CT molecular complexity index is 399. The molecule has 1 amide bonds. The van der Waals surface area contributed by atoms with E-state index < -0.39 is 10.2 Å². The zero-order valence-electron chi connectivity index (χ0n) is 11.6. The van der Waals surface area contributed by atoms with E-state index in [1.807, 2.05) is 0 Å². The van der Waals surface area contributed by atoms with E-state index in [1.165, 1.54) is 8.61 Å². The molecule has 0 aromatic heterocycles. The molecular weight excluding hydrogens is 268 g/mol. The lowest BCUT2D eigenvalue weighted by Gasteiger charge is -2.33. The van der Waals surface area contributed by atoms with E-state index >= 15 is 0 Å². The Labute approximate surface area is 115 Å². The van der Waals surface area contributed by atoms with Crippen LogP contribution in [0.1, 0.15) is 19.3 Å². The summed E-state index contributed by atoms with van der Waals surface area (Å²) in [6.45, 7) is 1.60. The summed E-state index contributed by atoms with van der Waals surface area (Å²) in [6, 6.07) is 0. The maximum Gasteiger partial charge on any atom is 0.281 e. The number of nitrogens with one attached hydrogen (secondary N) is 1. The highest BCUT2D eigenvalue weighted by Crippen LogP contribution is 2.20. The van der Waals surface area contributed by atoms with Gasteiger partial charge in [-0.3, -0.25) is 4.79 Å². The summed E-state index contributed by atoms with van der Waals surface area (Å²) in [5.41, 5.74) is 5.39. The van der Waals surface area contributed by atoms with Gasteiger partial charge in [0, 0.05) is 33.7 Å². The molecule has 1 atom stereocenters. The first-order valence-corrected chi connectivity index (χ1v) is 7.96. The maximum absolute atomic E-state index is 12.3. The zero-order chi connectivity index (χ0) is 14.5. The van der Waals surface area contributed by atoms with E-state index in [0.29, 0.717) is 32.5 Å². The molecule has 112 valence electrons. The van der Waals surface area contributed by atoms with Gasteiger partial charge in [-0.1, -0.05) is 0 Å². The van der Waals surface area contributed by atoms with Crippen LogP contribution in [0.2, 0.25) is 0 Å². The van der Waals surface area contributed by atoms with Gasteiger partial charge in [-0.05, 0) is 25.8 Å². The predicted octanol–water partition coefficient (Wildman–Crippen LogP) is -1.03. The molecule has 3 N–H and O–H groups in total. The van der Waals surface area contributed by atoms with Gasteiger partial charge in [-0.2, -0.15) is 17.0 Å². The number of amides is 1. The van der Waals surface area contributed by atoms with E-state index in [1.54, 1.807) is 14.1 Å². The van der Waals surface area contributed by atoms with Gasteiger partial charge in [0.05, 0.1) is 5.92 Å². The largest absolute Gasteiger partial charge is 0.359 e. The molecule has 1 saturated heterocycles. The summed E-state index contributed by atoms with van der Waals surface area (Å²) in [7, 11) is -0.355. The average molecular weight is 292 g/mol. The standard InChI is InChI=1S/C11H24N4O3S/c1-13-11(16)10-5-3-8-15(9-10)19(17,18)14(2)7-4-6-12/h10H,3-9,12H2,1-2H3,(H,13,16). The summed E-state index contributed by atoms with van der Waals surface area (Å²) in [5.74, 6) is -0.346. The summed E-state index contributed by atoms with van der Waals surface area (Å²) in [4.78, 5) is 11.6. The van der Waals surface area contributed by atoms with E-state index in [9.17, 15) is 13.2 Å². The normalized spacial score (nSPS) is 21.6. The molecule has 1 fully saturated rings. The van der Waals surface area contributed by atoms with Crippen molar-refractivity contribution in [3.8, 4) is 0 Å². The van der Waals surface area contributed by atoms with Gasteiger partial charge in [0.15, 0.2) is 0 Å². The Balaban J connectivity index is 2.69. The Hall–Kier alpha value is -0.700. The van der Waals surface area contributed by atoms with Crippen LogP contribution in [-0.4, -0.2) is 63.2 Å². The molecule has 0 aliphatic carbocycles. The van der Waals surface area contributed by atoms with Crippen LogP contribution >= 0.6 is 0 Å². The summed E-state index contributed by atoms with van der Waals surface area (Å²) < 4.78 is 27.4. The molecule has 0 aromatic rings. The zero-order valence-corrected chi connectivity index (χ0v) is 12.4. The van der Waals surface area contributed by atoms with Crippen LogP contribution in [0.3, 0.4) is 0 Å². The van der Waals surface area contributed by atoms with Crippen LogP contribution in [0.4, 0.5) is 0 Å². The van der Waals surface area contributed by atoms with E-state index in [-0.39, 0.29) is 18.4 Å². The van der Waals surface area contributed by atoms with Crippen molar-refractivity contribution in [2.45, 2.75) is 19.3 Å². The van der Waals surface area contributed by atoms with Gasteiger partial charge < -0.3 is 11.1 Å². The fraction of sp³-hybridized carbons (Fsp3) is 0.909. The Morgan fingerprint density at radius 2 is 2.21 bits per heavy atom. The molecule has 0 aromatic carbocycles. The smallest absolute Gasteiger partial charge is 0.281 e. The van der Waals surface area contributed by atoms with Crippen molar-refractivity contribution in [1.82, 2.24) is 13.9 Å². The molecule has 1 aliphatic heterocycles. The van der Waals surface area contributed by atoms with Gasteiger partial charge in [0.1, 0.15) is 0 Å². The minimum absolute atomic E-state index is 0.0930. The summed E-state index contributed by atoms with van der Waals surface area (Å²) in [6.07, 6.45) is 2.07. The second-order valence-corrected chi connectivity index (χ2v) is 6.82. The third-order valence-corrected chi connectivity index (χ3v) is 5.35. The number of hydrogen-bond acceptors (Lipinski definition) is 4. The van der Waals surface area contributed by atoms with Crippen molar-refractivity contribution in [2.75, 3.05) is 40.3 Å². The summed E-state index contributed by atoms with van der Waals surface area (Å²) >= 11 is 0. The number of nitrogens with zero attached hydrogens (tertiary/aromatic N) is 2. The van der Waals surface area contributed by atoms with Crippen molar-refractivity contribution in [3.05, 3.63) is 0 Å². The van der Waals surface area contributed by atoms with E-state index in [4.69, 9.17) is 5.73 Å².